The van der Waals surface area contributed by atoms with Gasteiger partial charge in [0.2, 0.25) is 47.0 Å². The second kappa shape index (κ2) is 30.4. The zero-order valence-corrected chi connectivity index (χ0v) is 49.8. The van der Waals surface area contributed by atoms with Crippen LogP contribution >= 0.6 is 0 Å². The molecule has 0 saturated carbocycles. The molecule has 0 fully saturated rings. The third kappa shape index (κ3) is 19.3. The second-order valence-corrected chi connectivity index (χ2v) is 20.6. The fourth-order valence-corrected chi connectivity index (χ4v) is 8.55. The first kappa shape index (κ1) is 65.7. The van der Waals surface area contributed by atoms with Crippen molar-refractivity contribution in [1.82, 2.24) is 73.8 Å². The molecule has 6 aromatic rings. The van der Waals surface area contributed by atoms with Gasteiger partial charge in [0.15, 0.2) is 17.5 Å². The number of aryl methyl sites for hydroxylation is 6. The van der Waals surface area contributed by atoms with Crippen molar-refractivity contribution < 1.29 is 52.7 Å². The average molecular weight is 1210 g/mol. The number of rotatable bonds is 30. The topological polar surface area (TPSA) is 418 Å². The molecule has 0 aliphatic carbocycles. The van der Waals surface area contributed by atoms with E-state index in [1.807, 2.05) is 19.0 Å². The van der Waals surface area contributed by atoms with E-state index in [2.05, 4.69) is 73.4 Å². The summed E-state index contributed by atoms with van der Waals surface area (Å²) in [5, 5.41) is 29.4. The molecular weight excluding hydrogens is 1130 g/mol. The zero-order chi connectivity index (χ0) is 63.6. The molecule has 6 heterocycles. The highest BCUT2D eigenvalue weighted by molar-refractivity contribution is 6.05. The largest absolute Gasteiger partial charge is 0.356 e. The van der Waals surface area contributed by atoms with Gasteiger partial charge in [0, 0.05) is 138 Å². The zero-order valence-electron chi connectivity index (χ0n) is 49.8. The smallest absolute Gasteiger partial charge is 0.291 e. The molecule has 33 heteroatoms. The number of nitrogens with one attached hydrogen (secondary N) is 11. The van der Waals surface area contributed by atoms with Crippen LogP contribution in [0.4, 0.5) is 34.5 Å². The van der Waals surface area contributed by atoms with Crippen molar-refractivity contribution >= 4 is 99.5 Å². The minimum Gasteiger partial charge on any atom is -0.356 e. The number of anilines is 6. The number of nitrogens with zero attached hydrogens (tertiary/aromatic N) is 10. The van der Waals surface area contributed by atoms with Gasteiger partial charge in [-0.05, 0) is 58.1 Å². The number of hydrogen-bond donors (Lipinski definition) is 12. The quantitative estimate of drug-likeness (QED) is 0.0254. The Labute approximate surface area is 499 Å². The highest BCUT2D eigenvalue weighted by atomic mass is 16.2. The number of aromatic nitrogens is 9. The highest BCUT2D eigenvalue weighted by Crippen LogP contribution is 2.19. The maximum absolute atomic E-state index is 13.3. The predicted molar refractivity (Wildman–Crippen MR) is 319 cm³/mol. The summed E-state index contributed by atoms with van der Waals surface area (Å²) in [5.41, 5.74) is 7.66. The number of carbonyl (C=O) groups is 11. The standard InChI is InChI=1S/C54H74N22O11/c1-31(77)61-39-28-74(7)45(67-39)52(85)60-20-15-44(80)66-41-30-76(9)47(69-41)54(87)63-33-23-36(72(5)26-33)49(82)57-16-10-12-43(79)65-40-29-75(8)46(68-40)53(86)64-34-24-38(73(6)27-34)50(83)58-18-13-35(55)48(81)62-32-22-37(71(4)25-32)51(84)59-19-14-42(78)56-17-11-21-70(2)3/h22-30,35H,10-21,55H2,1-9H3,(H,56,78)(H,57,82)(H,58,83)(H,59,84)(H,60,85)(H,61,77)(H,62,81)(H,63,87)(H,64,86)(H,65,79)(H,66,80)/t35-/m0/s1. The van der Waals surface area contributed by atoms with Crippen LogP contribution in [0.5, 0.6) is 0 Å². The molecule has 6 rings (SSSR count). The third-order valence-corrected chi connectivity index (χ3v) is 12.9. The molecule has 0 bridgehead atoms. The SMILES string of the molecule is CC(=O)Nc1cn(C)c(C(=O)NCCC(=O)Nc2cn(C)c(C(=O)Nc3cc(C(=O)NCCCC(=O)Nc4cn(C)c(C(=O)Nc5cc(C(=O)NCC[C@H](N)C(=O)Nc6cc(C(=O)NCCC(=O)NCCCN(C)C)n(C)c6)n(C)c5)n4)n(C)c3)n2)n1. The predicted octanol–water partition coefficient (Wildman–Crippen LogP) is -0.453. The molecule has 0 unspecified atom stereocenters. The number of amides is 11. The molecule has 0 aliphatic heterocycles. The number of hydrogen-bond acceptors (Lipinski definition) is 16. The van der Waals surface area contributed by atoms with E-state index in [1.165, 1.54) is 83.5 Å². The van der Waals surface area contributed by atoms with Crippen molar-refractivity contribution in [2.75, 3.05) is 85.3 Å². The Bertz CT molecular complexity index is 3540. The van der Waals surface area contributed by atoms with E-state index in [-0.39, 0.29) is 133 Å². The van der Waals surface area contributed by atoms with Crippen molar-refractivity contribution in [3.05, 3.63) is 89.9 Å². The molecule has 0 aliphatic rings. The van der Waals surface area contributed by atoms with E-state index in [1.54, 1.807) is 48.5 Å². The molecule has 0 saturated heterocycles. The van der Waals surface area contributed by atoms with Crippen LogP contribution in [0, 0.1) is 0 Å². The molecule has 466 valence electrons. The normalized spacial score (nSPS) is 11.3. The summed E-state index contributed by atoms with van der Waals surface area (Å²) >= 11 is 0. The van der Waals surface area contributed by atoms with Crippen molar-refractivity contribution in [2.24, 2.45) is 48.0 Å². The highest BCUT2D eigenvalue weighted by Gasteiger charge is 2.23. The van der Waals surface area contributed by atoms with Crippen LogP contribution in [0.1, 0.15) is 109 Å². The van der Waals surface area contributed by atoms with Crippen LogP contribution in [0.3, 0.4) is 0 Å². The van der Waals surface area contributed by atoms with Gasteiger partial charge in [0.25, 0.3) is 35.4 Å². The maximum Gasteiger partial charge on any atom is 0.291 e. The lowest BCUT2D eigenvalue weighted by Gasteiger charge is -2.12. The summed E-state index contributed by atoms with van der Waals surface area (Å²) in [5.74, 6) is -4.91. The molecule has 13 N–H and O–H groups in total. The molecule has 1 atom stereocenters. The van der Waals surface area contributed by atoms with E-state index in [4.69, 9.17) is 5.73 Å². The van der Waals surface area contributed by atoms with Gasteiger partial charge in [-0.15, -0.1) is 0 Å². The summed E-state index contributed by atoms with van der Waals surface area (Å²) < 4.78 is 8.77. The summed E-state index contributed by atoms with van der Waals surface area (Å²) in [6.07, 6.45) is 10.0. The molecular formula is C54H74N22O11. The number of imidazole rings is 3. The lowest BCUT2D eigenvalue weighted by atomic mass is 10.2. The van der Waals surface area contributed by atoms with E-state index < -0.39 is 59.2 Å². The fraction of sp³-hybridized carbons (Fsp3) is 0.407. The van der Waals surface area contributed by atoms with Crippen LogP contribution in [0.2, 0.25) is 0 Å². The Hall–Kier alpha value is -10.4. The third-order valence-electron chi connectivity index (χ3n) is 12.9. The van der Waals surface area contributed by atoms with Crippen LogP contribution in [0.15, 0.2) is 55.4 Å². The first-order valence-electron chi connectivity index (χ1n) is 27.4. The van der Waals surface area contributed by atoms with Crippen LogP contribution in [0.25, 0.3) is 0 Å². The van der Waals surface area contributed by atoms with Gasteiger partial charge in [0.05, 0.1) is 23.1 Å². The minimum atomic E-state index is -1.02. The van der Waals surface area contributed by atoms with Crippen molar-refractivity contribution in [3.63, 3.8) is 0 Å². The Morgan fingerprint density at radius 3 is 1.30 bits per heavy atom. The van der Waals surface area contributed by atoms with Crippen LogP contribution < -0.4 is 64.2 Å². The molecule has 0 aromatic carbocycles. The van der Waals surface area contributed by atoms with E-state index in [0.29, 0.717) is 12.2 Å². The molecule has 87 heavy (non-hydrogen) atoms. The summed E-state index contributed by atoms with van der Waals surface area (Å²) in [6.45, 7) is 2.92. The van der Waals surface area contributed by atoms with Gasteiger partial charge in [-0.3, -0.25) is 52.7 Å². The summed E-state index contributed by atoms with van der Waals surface area (Å²) in [4.78, 5) is 155. The molecule has 33 nitrogen and oxygen atoms in total. The van der Waals surface area contributed by atoms with Gasteiger partial charge in [0.1, 0.15) is 17.1 Å². The minimum absolute atomic E-state index is 0.0167. The summed E-state index contributed by atoms with van der Waals surface area (Å²) in [7, 11) is 13.4. The van der Waals surface area contributed by atoms with Gasteiger partial charge in [-0.25, -0.2) is 15.0 Å². The lowest BCUT2D eigenvalue weighted by molar-refractivity contribution is -0.121. The maximum atomic E-state index is 13.3. The van der Waals surface area contributed by atoms with Crippen molar-refractivity contribution in [3.8, 4) is 0 Å². The molecule has 0 radical (unpaired) electrons. The van der Waals surface area contributed by atoms with Gasteiger partial charge in [-0.1, -0.05) is 0 Å². The average Bonchev–Trinajstić information content (AvgIpc) is 3.43. The molecule has 6 aromatic heterocycles. The Kier molecular flexibility index (Phi) is 23.0. The van der Waals surface area contributed by atoms with Crippen molar-refractivity contribution in [2.45, 2.75) is 51.5 Å². The Morgan fingerprint density at radius 2 is 0.828 bits per heavy atom. The number of carbonyl (C=O) groups excluding carboxylic acids is 11. The first-order chi connectivity index (χ1) is 41.2. The summed E-state index contributed by atoms with van der Waals surface area (Å²) in [6, 6.07) is 3.37. The van der Waals surface area contributed by atoms with Gasteiger partial charge >= 0.3 is 0 Å². The monoisotopic (exact) mass is 1210 g/mol. The Morgan fingerprint density at radius 1 is 0.437 bits per heavy atom. The molecule has 11 amide bonds. The fourth-order valence-electron chi connectivity index (χ4n) is 8.55. The number of nitrogens with two attached hydrogens (primary N) is 1. The van der Waals surface area contributed by atoms with E-state index >= 15 is 0 Å². The second-order valence-electron chi connectivity index (χ2n) is 20.6. The Balaban J connectivity index is 0.865. The molecule has 0 spiro atoms. The van der Waals surface area contributed by atoms with Crippen molar-refractivity contribution in [1.29, 1.82) is 0 Å². The lowest BCUT2D eigenvalue weighted by Crippen LogP contribution is -2.39. The first-order valence-corrected chi connectivity index (χ1v) is 27.4. The van der Waals surface area contributed by atoms with Crippen LogP contribution in [-0.4, -0.2) is 172 Å². The van der Waals surface area contributed by atoms with Crippen LogP contribution in [-0.2, 0) is 66.3 Å². The van der Waals surface area contributed by atoms with Gasteiger partial charge < -0.3 is 96.5 Å². The van der Waals surface area contributed by atoms with E-state index in [9.17, 15) is 52.7 Å². The van der Waals surface area contributed by atoms with E-state index in [0.717, 1.165) is 13.0 Å². The van der Waals surface area contributed by atoms with Gasteiger partial charge in [-0.2, -0.15) is 0 Å².